The minimum Gasteiger partial charge on any atom is -0.399 e. The molecule has 2 rings (SSSR count). The van der Waals surface area contributed by atoms with Crippen molar-refractivity contribution in [2.75, 3.05) is 10.5 Å². The van der Waals surface area contributed by atoms with Crippen molar-refractivity contribution >= 4 is 44.6 Å². The smallest absolute Gasteiger partial charge is 0.263 e. The molecular weight excluding hydrogens is 321 g/mol. The van der Waals surface area contributed by atoms with Gasteiger partial charge in [-0.15, -0.1) is 0 Å². The molecule has 106 valence electrons. The van der Waals surface area contributed by atoms with Gasteiger partial charge in [0.2, 0.25) is 0 Å². The van der Waals surface area contributed by atoms with Crippen LogP contribution < -0.4 is 10.5 Å². The Morgan fingerprint density at radius 1 is 1.25 bits per heavy atom. The molecule has 8 heteroatoms. The van der Waals surface area contributed by atoms with Gasteiger partial charge in [-0.1, -0.05) is 23.2 Å². The van der Waals surface area contributed by atoms with E-state index in [9.17, 15) is 8.42 Å². The molecule has 0 aliphatic carbocycles. The molecule has 0 aliphatic heterocycles. The van der Waals surface area contributed by atoms with Crippen molar-refractivity contribution in [3.8, 4) is 0 Å². The van der Waals surface area contributed by atoms with Gasteiger partial charge in [-0.3, -0.25) is 4.72 Å². The van der Waals surface area contributed by atoms with E-state index in [4.69, 9.17) is 28.9 Å². The lowest BCUT2D eigenvalue weighted by molar-refractivity contribution is 0.601. The molecule has 0 fully saturated rings. The summed E-state index contributed by atoms with van der Waals surface area (Å²) < 4.78 is 26.9. The molecule has 0 radical (unpaired) electrons. The minimum absolute atomic E-state index is 0.0883. The predicted molar refractivity (Wildman–Crippen MR) is 80.7 cm³/mol. The summed E-state index contributed by atoms with van der Waals surface area (Å²) in [6.45, 7) is 1.72. The van der Waals surface area contributed by atoms with E-state index in [-0.39, 0.29) is 9.92 Å². The van der Waals surface area contributed by atoms with E-state index in [2.05, 4.69) is 9.71 Å². The summed E-state index contributed by atoms with van der Waals surface area (Å²) in [6.07, 6.45) is 1.33. The number of nitrogens with two attached hydrogens (primary N) is 1. The Morgan fingerprint density at radius 2 is 1.95 bits per heavy atom. The number of rotatable bonds is 3. The maximum atomic E-state index is 12.3. The average molecular weight is 332 g/mol. The van der Waals surface area contributed by atoms with Crippen molar-refractivity contribution in [1.82, 2.24) is 4.98 Å². The fourth-order valence-electron chi connectivity index (χ4n) is 1.55. The number of halogens is 2. The first kappa shape index (κ1) is 14.9. The van der Waals surface area contributed by atoms with E-state index in [1.165, 1.54) is 24.4 Å². The highest BCUT2D eigenvalue weighted by atomic mass is 35.5. The summed E-state index contributed by atoms with van der Waals surface area (Å²) in [5.41, 5.74) is 6.84. The number of anilines is 2. The van der Waals surface area contributed by atoms with Crippen LogP contribution in [0.3, 0.4) is 0 Å². The largest absolute Gasteiger partial charge is 0.399 e. The molecule has 5 nitrogen and oxygen atoms in total. The molecule has 0 spiro atoms. The van der Waals surface area contributed by atoms with Gasteiger partial charge in [0.1, 0.15) is 10.0 Å². The summed E-state index contributed by atoms with van der Waals surface area (Å²) >= 11 is 11.7. The lowest BCUT2D eigenvalue weighted by atomic mass is 10.3. The summed E-state index contributed by atoms with van der Waals surface area (Å²) in [5, 5.41) is 0.403. The Labute approximate surface area is 126 Å². The molecule has 0 atom stereocenters. The zero-order valence-electron chi connectivity index (χ0n) is 10.4. The number of benzene rings is 1. The van der Waals surface area contributed by atoms with Gasteiger partial charge in [-0.25, -0.2) is 13.4 Å². The normalized spacial score (nSPS) is 11.3. The molecule has 2 aromatic rings. The molecular formula is C12H11Cl2N3O2S. The second kappa shape index (κ2) is 5.47. The van der Waals surface area contributed by atoms with Gasteiger partial charge < -0.3 is 5.73 Å². The monoisotopic (exact) mass is 331 g/mol. The predicted octanol–water partition coefficient (Wildman–Crippen LogP) is 3.08. The Balaban J connectivity index is 2.40. The third-order valence-corrected chi connectivity index (χ3v) is 4.77. The number of sulfonamides is 1. The van der Waals surface area contributed by atoms with E-state index in [1.807, 2.05) is 0 Å². The third kappa shape index (κ3) is 3.15. The lowest BCUT2D eigenvalue weighted by Gasteiger charge is -2.10. The number of aromatic nitrogens is 1. The van der Waals surface area contributed by atoms with Crippen molar-refractivity contribution in [2.45, 2.75) is 11.8 Å². The summed E-state index contributed by atoms with van der Waals surface area (Å²) in [6, 6.07) is 5.82. The maximum Gasteiger partial charge on any atom is 0.263 e. The first-order valence-corrected chi connectivity index (χ1v) is 7.73. The van der Waals surface area contributed by atoms with Crippen LogP contribution >= 0.6 is 23.2 Å². The van der Waals surface area contributed by atoms with Crippen LogP contribution in [-0.2, 0) is 10.0 Å². The zero-order chi connectivity index (χ0) is 14.9. The summed E-state index contributed by atoms with van der Waals surface area (Å²) in [7, 11) is -3.84. The van der Waals surface area contributed by atoms with Crippen LogP contribution in [0.4, 0.5) is 11.4 Å². The molecule has 0 aliphatic rings. The van der Waals surface area contributed by atoms with Crippen molar-refractivity contribution in [3.63, 3.8) is 0 Å². The van der Waals surface area contributed by atoms with Crippen molar-refractivity contribution in [1.29, 1.82) is 0 Å². The van der Waals surface area contributed by atoms with Gasteiger partial charge in [0.15, 0.2) is 0 Å². The van der Waals surface area contributed by atoms with Gasteiger partial charge in [-0.2, -0.15) is 0 Å². The lowest BCUT2D eigenvalue weighted by Crippen LogP contribution is -2.14. The third-order valence-electron chi connectivity index (χ3n) is 2.51. The molecule has 3 N–H and O–H groups in total. The highest BCUT2D eigenvalue weighted by molar-refractivity contribution is 7.92. The van der Waals surface area contributed by atoms with Gasteiger partial charge in [0.05, 0.1) is 16.9 Å². The fraction of sp³-hybridized carbons (Fsp3) is 0.0833. The first-order chi connectivity index (χ1) is 9.29. The van der Waals surface area contributed by atoms with Gasteiger partial charge in [0.25, 0.3) is 10.0 Å². The number of nitrogens with one attached hydrogen (secondary N) is 1. The number of hydrogen-bond donors (Lipinski definition) is 2. The van der Waals surface area contributed by atoms with Crippen LogP contribution in [0.15, 0.2) is 35.4 Å². The fourth-order valence-corrected chi connectivity index (χ4v) is 3.22. The van der Waals surface area contributed by atoms with Crippen LogP contribution in [0.5, 0.6) is 0 Å². The van der Waals surface area contributed by atoms with Crippen molar-refractivity contribution in [3.05, 3.63) is 46.2 Å². The second-order valence-electron chi connectivity index (χ2n) is 4.13. The van der Waals surface area contributed by atoms with E-state index < -0.39 is 10.0 Å². The van der Waals surface area contributed by atoms with E-state index >= 15 is 0 Å². The molecule has 0 bridgehead atoms. The molecule has 1 aromatic heterocycles. The standard InChI is InChI=1S/C12H11Cl2N3O2S/c1-7-4-9(6-16-12(7)14)17-20(18,19)11-5-8(15)2-3-10(11)13/h2-6,17H,15H2,1H3. The number of pyridine rings is 1. The van der Waals surface area contributed by atoms with Gasteiger partial charge >= 0.3 is 0 Å². The van der Waals surface area contributed by atoms with Gasteiger partial charge in [-0.05, 0) is 36.8 Å². The quantitative estimate of drug-likeness (QED) is 0.668. The highest BCUT2D eigenvalue weighted by Crippen LogP contribution is 2.26. The summed E-state index contributed by atoms with van der Waals surface area (Å²) in [4.78, 5) is 3.79. The van der Waals surface area contributed by atoms with E-state index in [1.54, 1.807) is 13.0 Å². The molecule has 0 amide bonds. The first-order valence-electron chi connectivity index (χ1n) is 5.49. The van der Waals surface area contributed by atoms with Crippen LogP contribution in [0, 0.1) is 6.92 Å². The number of nitrogens with zero attached hydrogens (tertiary/aromatic N) is 1. The van der Waals surface area contributed by atoms with Crippen molar-refractivity contribution < 1.29 is 8.42 Å². The number of aryl methyl sites for hydroxylation is 1. The Bertz CT molecular complexity index is 763. The number of nitrogen functional groups attached to an aromatic ring is 1. The van der Waals surface area contributed by atoms with Gasteiger partial charge in [0, 0.05) is 5.69 Å². The Morgan fingerprint density at radius 3 is 2.60 bits per heavy atom. The molecule has 0 unspecified atom stereocenters. The maximum absolute atomic E-state index is 12.3. The Hall–Kier alpha value is -1.50. The molecule has 1 aromatic carbocycles. The SMILES string of the molecule is Cc1cc(NS(=O)(=O)c2cc(N)ccc2Cl)cnc1Cl. The highest BCUT2D eigenvalue weighted by Gasteiger charge is 2.18. The van der Waals surface area contributed by atoms with Crippen LogP contribution in [0.2, 0.25) is 10.2 Å². The number of hydrogen-bond acceptors (Lipinski definition) is 4. The topological polar surface area (TPSA) is 85.1 Å². The molecule has 0 saturated carbocycles. The van der Waals surface area contributed by atoms with Crippen LogP contribution in [0.1, 0.15) is 5.56 Å². The molecule has 0 saturated heterocycles. The van der Waals surface area contributed by atoms with E-state index in [0.717, 1.165) is 0 Å². The van der Waals surface area contributed by atoms with Crippen molar-refractivity contribution in [2.24, 2.45) is 0 Å². The second-order valence-corrected chi connectivity index (χ2v) is 6.54. The molecule has 1 heterocycles. The Kier molecular flexibility index (Phi) is 4.08. The average Bonchev–Trinajstić information content (AvgIpc) is 2.36. The van der Waals surface area contributed by atoms with Crippen LogP contribution in [0.25, 0.3) is 0 Å². The van der Waals surface area contributed by atoms with Crippen LogP contribution in [-0.4, -0.2) is 13.4 Å². The molecule has 20 heavy (non-hydrogen) atoms. The minimum atomic E-state index is -3.84. The zero-order valence-corrected chi connectivity index (χ0v) is 12.7. The van der Waals surface area contributed by atoms with E-state index in [0.29, 0.717) is 22.1 Å². The summed E-state index contributed by atoms with van der Waals surface area (Å²) in [5.74, 6) is 0.